The average molecular weight is 513 g/mol. The number of halogens is 3. The number of hydrogen-bond acceptors (Lipinski definition) is 4. The van der Waals surface area contributed by atoms with Crippen LogP contribution in [0.4, 0.5) is 13.2 Å². The van der Waals surface area contributed by atoms with E-state index in [1.807, 2.05) is 48.9 Å². The molecule has 3 atom stereocenters. The molecule has 1 amide bonds. The standard InChI is InChI=1S/C28H31F3N4O2/c1-4-33-15-22-6-5-19(13-28(37-3)9-7-21(8-10-28)34-14-18(2)32-17-34)27(36)35(22)25(16-33)20-11-23(29)26(31)24(30)12-20/h7-9,11-14,17,22,25H,4-6,10,15-16H2,1-3H3/t22-,25-,28?/m0/s1. The number of carbonyl (C=O) groups excluding carboxylic acids is 1. The number of allylic oxidation sites excluding steroid dienone is 2. The van der Waals surface area contributed by atoms with Gasteiger partial charge in [-0.2, -0.15) is 0 Å². The molecule has 1 aromatic carbocycles. The van der Waals surface area contributed by atoms with Crippen molar-refractivity contribution in [2.75, 3.05) is 26.7 Å². The second-order valence-corrected chi connectivity index (χ2v) is 9.99. The fourth-order valence-corrected chi connectivity index (χ4v) is 5.60. The Morgan fingerprint density at radius 1 is 1.22 bits per heavy atom. The Morgan fingerprint density at radius 3 is 2.57 bits per heavy atom. The van der Waals surface area contributed by atoms with Crippen LogP contribution in [0, 0.1) is 24.4 Å². The van der Waals surface area contributed by atoms with Gasteiger partial charge < -0.3 is 14.2 Å². The number of benzene rings is 1. The summed E-state index contributed by atoms with van der Waals surface area (Å²) in [7, 11) is 1.62. The Bertz CT molecular complexity index is 1280. The van der Waals surface area contributed by atoms with Gasteiger partial charge in [0.2, 0.25) is 5.91 Å². The van der Waals surface area contributed by atoms with Crippen LogP contribution >= 0.6 is 0 Å². The highest BCUT2D eigenvalue weighted by molar-refractivity contribution is 5.95. The first-order chi connectivity index (χ1) is 17.7. The predicted octanol–water partition coefficient (Wildman–Crippen LogP) is 4.79. The van der Waals surface area contributed by atoms with Crippen LogP contribution in [0.15, 0.2) is 54.5 Å². The third kappa shape index (κ3) is 4.78. The normalized spacial score (nSPS) is 27.5. The van der Waals surface area contributed by atoms with Gasteiger partial charge in [0.15, 0.2) is 17.5 Å². The molecular formula is C28H31F3N4O2. The van der Waals surface area contributed by atoms with E-state index in [1.54, 1.807) is 18.3 Å². The monoisotopic (exact) mass is 512 g/mol. The van der Waals surface area contributed by atoms with Gasteiger partial charge in [0.25, 0.3) is 0 Å². The van der Waals surface area contributed by atoms with Crippen LogP contribution < -0.4 is 0 Å². The fraction of sp³-hybridized carbons (Fsp3) is 0.429. The van der Waals surface area contributed by atoms with Crippen molar-refractivity contribution in [2.24, 2.45) is 0 Å². The summed E-state index contributed by atoms with van der Waals surface area (Å²) in [4.78, 5) is 22.0. The van der Waals surface area contributed by atoms with Gasteiger partial charge in [-0.05, 0) is 62.2 Å². The number of imidazole rings is 1. The number of carbonyl (C=O) groups is 1. The molecule has 0 N–H and O–H groups in total. The Morgan fingerprint density at radius 2 is 1.97 bits per heavy atom. The summed E-state index contributed by atoms with van der Waals surface area (Å²) in [6, 6.07) is 1.33. The summed E-state index contributed by atoms with van der Waals surface area (Å²) in [6.45, 7) is 5.79. The fourth-order valence-electron chi connectivity index (χ4n) is 5.60. The molecule has 0 saturated carbocycles. The first kappa shape index (κ1) is 25.5. The van der Waals surface area contributed by atoms with Gasteiger partial charge in [-0.1, -0.05) is 13.0 Å². The summed E-state index contributed by atoms with van der Waals surface area (Å²) in [6.07, 6.45) is 13.3. The van der Waals surface area contributed by atoms with Gasteiger partial charge >= 0.3 is 0 Å². The molecule has 2 aromatic rings. The van der Waals surface area contributed by atoms with Crippen molar-refractivity contribution < 1.29 is 22.7 Å². The van der Waals surface area contributed by atoms with Gasteiger partial charge in [-0.3, -0.25) is 9.69 Å². The quantitative estimate of drug-likeness (QED) is 0.427. The number of rotatable bonds is 5. The maximum atomic E-state index is 14.2. The number of amides is 1. The Kier molecular flexibility index (Phi) is 6.85. The number of piperazine rings is 1. The number of ether oxygens (including phenoxy) is 1. The first-order valence-corrected chi connectivity index (χ1v) is 12.6. The van der Waals surface area contributed by atoms with Crippen LogP contribution in [0.3, 0.4) is 0 Å². The van der Waals surface area contributed by atoms with Crippen molar-refractivity contribution in [1.29, 1.82) is 0 Å². The van der Waals surface area contributed by atoms with E-state index in [1.165, 1.54) is 0 Å². The molecule has 9 heteroatoms. The van der Waals surface area contributed by atoms with Crippen LogP contribution in [0.2, 0.25) is 0 Å². The molecule has 3 aliphatic rings. The molecule has 0 radical (unpaired) electrons. The van der Waals surface area contributed by atoms with Gasteiger partial charge in [0, 0.05) is 50.1 Å². The van der Waals surface area contributed by atoms with E-state index in [2.05, 4.69) is 9.88 Å². The van der Waals surface area contributed by atoms with Crippen LogP contribution in [0.5, 0.6) is 0 Å². The highest BCUT2D eigenvalue weighted by Gasteiger charge is 2.43. The number of piperidine rings is 1. The predicted molar refractivity (Wildman–Crippen MR) is 134 cm³/mol. The van der Waals surface area contributed by atoms with Gasteiger partial charge in [-0.25, -0.2) is 18.2 Å². The van der Waals surface area contributed by atoms with E-state index in [4.69, 9.17) is 4.74 Å². The molecule has 37 heavy (non-hydrogen) atoms. The van der Waals surface area contributed by atoms with Crippen molar-refractivity contribution in [1.82, 2.24) is 19.4 Å². The number of methoxy groups -OCH3 is 1. The molecule has 1 unspecified atom stereocenters. The molecule has 196 valence electrons. The SMILES string of the molecule is CCN1C[C@@H]2CCC(=CC3(OC)C=CC(n4cnc(C)c4)=CC3)C(=O)N2[C@H](c2cc(F)c(F)c(F)c2)C1. The number of likely N-dealkylation sites (N-methyl/N-ethyl adjacent to an activating group) is 1. The Balaban J connectivity index is 1.45. The second-order valence-electron chi connectivity index (χ2n) is 9.99. The minimum absolute atomic E-state index is 0.101. The van der Waals surface area contributed by atoms with Gasteiger partial charge in [-0.15, -0.1) is 0 Å². The lowest BCUT2D eigenvalue weighted by Crippen LogP contribution is -2.58. The van der Waals surface area contributed by atoms with E-state index in [0.29, 0.717) is 31.5 Å². The number of aromatic nitrogens is 2. The van der Waals surface area contributed by atoms with Crippen LogP contribution in [-0.2, 0) is 9.53 Å². The zero-order valence-electron chi connectivity index (χ0n) is 21.3. The Hall–Kier alpha value is -3.17. The molecule has 2 fully saturated rings. The van der Waals surface area contributed by atoms with Gasteiger partial charge in [0.05, 0.1) is 18.1 Å². The smallest absolute Gasteiger partial charge is 0.250 e. The number of aryl methyl sites for hydroxylation is 1. The molecule has 1 aliphatic carbocycles. The van der Waals surface area contributed by atoms with Crippen molar-refractivity contribution in [2.45, 2.75) is 50.8 Å². The summed E-state index contributed by atoms with van der Waals surface area (Å²) in [5, 5.41) is 0. The Labute approximate surface area is 214 Å². The molecule has 6 nitrogen and oxygen atoms in total. The van der Waals surface area contributed by atoms with Crippen molar-refractivity contribution >= 4 is 11.6 Å². The molecular weight excluding hydrogens is 481 g/mol. The van der Waals surface area contributed by atoms with E-state index in [0.717, 1.165) is 36.5 Å². The zero-order chi connectivity index (χ0) is 26.3. The lowest BCUT2D eigenvalue weighted by Gasteiger charge is -2.49. The maximum absolute atomic E-state index is 14.2. The molecule has 2 aliphatic heterocycles. The minimum Gasteiger partial charge on any atom is -0.370 e. The van der Waals surface area contributed by atoms with Crippen LogP contribution in [0.1, 0.15) is 43.5 Å². The van der Waals surface area contributed by atoms with Crippen molar-refractivity contribution in [3.63, 3.8) is 0 Å². The average Bonchev–Trinajstić information content (AvgIpc) is 3.34. The van der Waals surface area contributed by atoms with Crippen LogP contribution in [0.25, 0.3) is 5.70 Å². The third-order valence-electron chi connectivity index (χ3n) is 7.70. The topological polar surface area (TPSA) is 50.6 Å². The highest BCUT2D eigenvalue weighted by atomic mass is 19.2. The summed E-state index contributed by atoms with van der Waals surface area (Å²) >= 11 is 0. The third-order valence-corrected chi connectivity index (χ3v) is 7.70. The maximum Gasteiger partial charge on any atom is 0.250 e. The summed E-state index contributed by atoms with van der Waals surface area (Å²) in [5.41, 5.74) is 1.97. The molecule has 1 aromatic heterocycles. The zero-order valence-corrected chi connectivity index (χ0v) is 21.3. The highest BCUT2D eigenvalue weighted by Crippen LogP contribution is 2.39. The largest absolute Gasteiger partial charge is 0.370 e. The van der Waals surface area contributed by atoms with E-state index < -0.39 is 29.1 Å². The molecule has 3 heterocycles. The van der Waals surface area contributed by atoms with E-state index >= 15 is 0 Å². The van der Waals surface area contributed by atoms with E-state index in [-0.39, 0.29) is 17.5 Å². The van der Waals surface area contributed by atoms with E-state index in [9.17, 15) is 18.0 Å². The van der Waals surface area contributed by atoms with Crippen molar-refractivity contribution in [3.05, 3.63) is 83.2 Å². The lowest BCUT2D eigenvalue weighted by molar-refractivity contribution is -0.139. The second kappa shape index (κ2) is 9.95. The minimum atomic E-state index is -1.50. The molecule has 0 spiro atoms. The first-order valence-electron chi connectivity index (χ1n) is 12.6. The van der Waals surface area contributed by atoms with Crippen LogP contribution in [-0.4, -0.2) is 63.6 Å². The molecule has 5 rings (SSSR count). The number of nitrogens with zero attached hydrogens (tertiary/aromatic N) is 4. The molecule has 2 saturated heterocycles. The molecule has 0 bridgehead atoms. The van der Waals surface area contributed by atoms with Gasteiger partial charge in [0.1, 0.15) is 5.60 Å². The number of fused-ring (bicyclic) bond motifs is 1. The lowest BCUT2D eigenvalue weighted by atomic mass is 9.85. The summed E-state index contributed by atoms with van der Waals surface area (Å²) < 4.78 is 49.8. The summed E-state index contributed by atoms with van der Waals surface area (Å²) in [5.74, 6) is -4.17. The van der Waals surface area contributed by atoms with Crippen molar-refractivity contribution in [3.8, 4) is 0 Å². The number of hydrogen-bond donors (Lipinski definition) is 0.